The van der Waals surface area contributed by atoms with E-state index in [4.69, 9.17) is 5.73 Å². The zero-order chi connectivity index (χ0) is 13.9. The molecule has 1 fully saturated rings. The molecule has 1 atom stereocenters. The summed E-state index contributed by atoms with van der Waals surface area (Å²) in [7, 11) is 0. The summed E-state index contributed by atoms with van der Waals surface area (Å²) in [4.78, 5) is 11.4. The van der Waals surface area contributed by atoms with Crippen molar-refractivity contribution in [2.75, 3.05) is 5.32 Å². The van der Waals surface area contributed by atoms with E-state index in [1.54, 1.807) is 0 Å². The fraction of sp³-hybridized carbons (Fsp3) is 0.588. The van der Waals surface area contributed by atoms with Crippen molar-refractivity contribution in [2.24, 2.45) is 11.7 Å². The van der Waals surface area contributed by atoms with Crippen molar-refractivity contribution in [1.29, 1.82) is 0 Å². The number of nitrogens with two attached hydrogens (primary N) is 1. The average molecular weight is 272 g/mol. The van der Waals surface area contributed by atoms with Gasteiger partial charge in [0.1, 0.15) is 0 Å². The van der Waals surface area contributed by atoms with Gasteiger partial charge in [-0.3, -0.25) is 4.79 Å². The summed E-state index contributed by atoms with van der Waals surface area (Å²) in [6, 6.07) is 6.28. The number of benzene rings is 1. The molecule has 0 radical (unpaired) electrons. The summed E-state index contributed by atoms with van der Waals surface area (Å²) in [5.41, 5.74) is 9.57. The van der Waals surface area contributed by atoms with Crippen molar-refractivity contribution in [1.82, 2.24) is 0 Å². The van der Waals surface area contributed by atoms with E-state index in [0.717, 1.165) is 23.6 Å². The van der Waals surface area contributed by atoms with Crippen molar-refractivity contribution in [2.45, 2.75) is 57.4 Å². The number of nitrogens with one attached hydrogen (secondary N) is 1. The Kier molecular flexibility index (Phi) is 4.06. The third-order valence-corrected chi connectivity index (χ3v) is 4.79. The van der Waals surface area contributed by atoms with Gasteiger partial charge >= 0.3 is 0 Å². The van der Waals surface area contributed by atoms with Gasteiger partial charge in [0.15, 0.2) is 0 Å². The minimum atomic E-state index is 0.0907. The number of hydrogen-bond acceptors (Lipinski definition) is 2. The quantitative estimate of drug-likeness (QED) is 0.880. The number of carbonyl (C=O) groups is 1. The highest BCUT2D eigenvalue weighted by Crippen LogP contribution is 2.31. The first-order valence-electron chi connectivity index (χ1n) is 7.90. The molecule has 20 heavy (non-hydrogen) atoms. The second kappa shape index (κ2) is 5.96. The molecule has 1 aliphatic heterocycles. The van der Waals surface area contributed by atoms with Crippen LogP contribution < -0.4 is 11.1 Å². The van der Waals surface area contributed by atoms with Crippen LogP contribution in [0.1, 0.15) is 62.1 Å². The van der Waals surface area contributed by atoms with Crippen LogP contribution in [0.15, 0.2) is 18.2 Å². The van der Waals surface area contributed by atoms with Gasteiger partial charge in [0.25, 0.3) is 0 Å². The molecule has 1 unspecified atom stereocenters. The summed E-state index contributed by atoms with van der Waals surface area (Å²) >= 11 is 0. The first-order valence-corrected chi connectivity index (χ1v) is 7.90. The Balaban J connectivity index is 1.58. The van der Waals surface area contributed by atoms with Gasteiger partial charge < -0.3 is 11.1 Å². The summed E-state index contributed by atoms with van der Waals surface area (Å²) in [6.45, 7) is 0. The summed E-state index contributed by atoms with van der Waals surface area (Å²) in [5, 5.41) is 2.87. The number of anilines is 1. The summed E-state index contributed by atoms with van der Waals surface area (Å²) in [6.07, 6.45) is 9.77. The van der Waals surface area contributed by atoms with Gasteiger partial charge in [-0.25, -0.2) is 0 Å². The molecule has 1 aliphatic carbocycles. The van der Waals surface area contributed by atoms with E-state index >= 15 is 0 Å². The molecule has 0 bridgehead atoms. The lowest BCUT2D eigenvalue weighted by molar-refractivity contribution is -0.115. The van der Waals surface area contributed by atoms with Crippen molar-refractivity contribution in [3.8, 4) is 0 Å². The van der Waals surface area contributed by atoms with Crippen LogP contribution in [-0.2, 0) is 11.2 Å². The molecule has 1 amide bonds. The maximum atomic E-state index is 11.4. The smallest absolute Gasteiger partial charge is 0.228 e. The molecule has 1 saturated carbocycles. The van der Waals surface area contributed by atoms with Crippen LogP contribution in [-0.4, -0.2) is 5.91 Å². The lowest BCUT2D eigenvalue weighted by Crippen LogP contribution is -2.14. The molecule has 0 aromatic heterocycles. The molecular formula is C17H24N2O. The zero-order valence-corrected chi connectivity index (χ0v) is 12.0. The molecule has 0 spiro atoms. The SMILES string of the molecule is NC(CCC1CCCCC1)c1ccc2c(c1)CC(=O)N2. The standard InChI is InChI=1S/C17H24N2O/c18-15(8-6-12-4-2-1-3-5-12)13-7-9-16-14(10-13)11-17(20)19-16/h7,9-10,12,15H,1-6,8,11,18H2,(H,19,20). The molecule has 3 heteroatoms. The number of hydrogen-bond donors (Lipinski definition) is 2. The van der Waals surface area contributed by atoms with Crippen LogP contribution in [0.5, 0.6) is 0 Å². The summed E-state index contributed by atoms with van der Waals surface area (Å²) < 4.78 is 0. The van der Waals surface area contributed by atoms with E-state index in [1.807, 2.05) is 6.07 Å². The maximum Gasteiger partial charge on any atom is 0.228 e. The predicted molar refractivity (Wildman–Crippen MR) is 81.5 cm³/mol. The molecule has 3 rings (SSSR count). The Bertz CT molecular complexity index is 492. The molecule has 0 saturated heterocycles. The Morgan fingerprint density at radius 1 is 1.25 bits per heavy atom. The number of carbonyl (C=O) groups excluding carboxylic acids is 1. The fourth-order valence-electron chi connectivity index (χ4n) is 3.54. The third kappa shape index (κ3) is 3.04. The van der Waals surface area contributed by atoms with Gasteiger partial charge in [0.05, 0.1) is 6.42 Å². The van der Waals surface area contributed by atoms with E-state index in [-0.39, 0.29) is 11.9 Å². The lowest BCUT2D eigenvalue weighted by Gasteiger charge is -2.23. The Morgan fingerprint density at radius 3 is 2.85 bits per heavy atom. The minimum Gasteiger partial charge on any atom is -0.326 e. The molecule has 3 N–H and O–H groups in total. The van der Waals surface area contributed by atoms with Crippen LogP contribution in [0.2, 0.25) is 0 Å². The average Bonchev–Trinajstić information content (AvgIpc) is 2.85. The van der Waals surface area contributed by atoms with Gasteiger partial charge in [-0.05, 0) is 36.0 Å². The topological polar surface area (TPSA) is 55.1 Å². The minimum absolute atomic E-state index is 0.0907. The first-order chi connectivity index (χ1) is 9.72. The molecule has 1 heterocycles. The monoisotopic (exact) mass is 272 g/mol. The normalized spacial score (nSPS) is 20.6. The third-order valence-electron chi connectivity index (χ3n) is 4.79. The van der Waals surface area contributed by atoms with Crippen LogP contribution in [0.4, 0.5) is 5.69 Å². The molecule has 1 aromatic carbocycles. The first kappa shape index (κ1) is 13.6. The highest BCUT2D eigenvalue weighted by molar-refractivity contribution is 5.99. The second-order valence-corrected chi connectivity index (χ2v) is 6.33. The molecule has 108 valence electrons. The number of fused-ring (bicyclic) bond motifs is 1. The van der Waals surface area contributed by atoms with E-state index in [1.165, 1.54) is 44.1 Å². The highest BCUT2D eigenvalue weighted by atomic mass is 16.1. The van der Waals surface area contributed by atoms with E-state index in [2.05, 4.69) is 17.4 Å². The molecule has 2 aliphatic rings. The summed E-state index contributed by atoms with van der Waals surface area (Å²) in [5.74, 6) is 0.973. The molecule has 3 nitrogen and oxygen atoms in total. The maximum absolute atomic E-state index is 11.4. The number of rotatable bonds is 4. The number of amides is 1. The van der Waals surface area contributed by atoms with E-state index in [0.29, 0.717) is 6.42 Å². The van der Waals surface area contributed by atoms with Gasteiger partial charge in [0, 0.05) is 11.7 Å². The van der Waals surface area contributed by atoms with Crippen molar-refractivity contribution >= 4 is 11.6 Å². The molecular weight excluding hydrogens is 248 g/mol. The van der Waals surface area contributed by atoms with Gasteiger partial charge in [-0.1, -0.05) is 44.2 Å². The van der Waals surface area contributed by atoms with Gasteiger partial charge in [0.2, 0.25) is 5.91 Å². The Hall–Kier alpha value is -1.35. The van der Waals surface area contributed by atoms with Crippen molar-refractivity contribution in [3.63, 3.8) is 0 Å². The largest absolute Gasteiger partial charge is 0.326 e. The van der Waals surface area contributed by atoms with Crippen LogP contribution in [0, 0.1) is 5.92 Å². The second-order valence-electron chi connectivity index (χ2n) is 6.33. The van der Waals surface area contributed by atoms with Gasteiger partial charge in [-0.15, -0.1) is 0 Å². The molecule has 1 aromatic rings. The fourth-order valence-corrected chi connectivity index (χ4v) is 3.54. The Labute approximate surface area is 120 Å². The van der Waals surface area contributed by atoms with Gasteiger partial charge in [-0.2, -0.15) is 0 Å². The van der Waals surface area contributed by atoms with E-state index < -0.39 is 0 Å². The zero-order valence-electron chi connectivity index (χ0n) is 12.0. The van der Waals surface area contributed by atoms with Crippen LogP contribution in [0.3, 0.4) is 0 Å². The lowest BCUT2D eigenvalue weighted by atomic mass is 9.84. The predicted octanol–water partition coefficient (Wildman–Crippen LogP) is 3.54. The Morgan fingerprint density at radius 2 is 2.05 bits per heavy atom. The van der Waals surface area contributed by atoms with Crippen molar-refractivity contribution in [3.05, 3.63) is 29.3 Å². The van der Waals surface area contributed by atoms with Crippen LogP contribution in [0.25, 0.3) is 0 Å². The highest BCUT2D eigenvalue weighted by Gasteiger charge is 2.20. The van der Waals surface area contributed by atoms with E-state index in [9.17, 15) is 4.79 Å². The van der Waals surface area contributed by atoms with Crippen molar-refractivity contribution < 1.29 is 4.79 Å². The van der Waals surface area contributed by atoms with Crippen LogP contribution >= 0.6 is 0 Å².